The smallest absolute Gasteiger partial charge is 0.136 e. The number of fused-ring (bicyclic) bond motifs is 1. The van der Waals surface area contributed by atoms with Crippen molar-refractivity contribution in [2.24, 2.45) is 0 Å². The van der Waals surface area contributed by atoms with Gasteiger partial charge in [0, 0.05) is 18.9 Å². The summed E-state index contributed by atoms with van der Waals surface area (Å²) in [6.07, 6.45) is 4.14. The van der Waals surface area contributed by atoms with E-state index in [1.54, 1.807) is 0 Å². The first-order valence-corrected chi connectivity index (χ1v) is 4.38. The SMILES string of the molecule is CNCc1ccc2nc(C)cn2c1. The van der Waals surface area contributed by atoms with Gasteiger partial charge in [0.05, 0.1) is 5.69 Å². The third-order valence-corrected chi connectivity index (χ3v) is 2.01. The van der Waals surface area contributed by atoms with Gasteiger partial charge in [-0.05, 0) is 25.6 Å². The predicted octanol–water partition coefficient (Wildman–Crippen LogP) is 1.36. The predicted molar refractivity (Wildman–Crippen MR) is 52.7 cm³/mol. The van der Waals surface area contributed by atoms with Crippen molar-refractivity contribution in [3.63, 3.8) is 0 Å². The summed E-state index contributed by atoms with van der Waals surface area (Å²) in [7, 11) is 1.95. The highest BCUT2D eigenvalue weighted by atomic mass is 15.0. The van der Waals surface area contributed by atoms with E-state index in [9.17, 15) is 0 Å². The molecule has 0 bridgehead atoms. The molecule has 0 aliphatic carbocycles. The van der Waals surface area contributed by atoms with E-state index in [1.807, 2.05) is 26.2 Å². The normalized spacial score (nSPS) is 10.9. The van der Waals surface area contributed by atoms with Crippen molar-refractivity contribution in [1.29, 1.82) is 0 Å². The molecule has 0 atom stereocenters. The van der Waals surface area contributed by atoms with Gasteiger partial charge < -0.3 is 9.72 Å². The first-order chi connectivity index (χ1) is 6.29. The zero-order valence-electron chi connectivity index (χ0n) is 7.91. The fraction of sp³-hybridized carbons (Fsp3) is 0.300. The summed E-state index contributed by atoms with van der Waals surface area (Å²) < 4.78 is 2.06. The number of aryl methyl sites for hydroxylation is 1. The summed E-state index contributed by atoms with van der Waals surface area (Å²) in [5.41, 5.74) is 3.34. The second kappa shape index (κ2) is 3.18. The van der Waals surface area contributed by atoms with Crippen LogP contribution in [-0.2, 0) is 6.54 Å². The molecule has 0 aliphatic rings. The lowest BCUT2D eigenvalue weighted by atomic mass is 10.3. The highest BCUT2D eigenvalue weighted by molar-refractivity contribution is 5.41. The minimum Gasteiger partial charge on any atom is -0.316 e. The van der Waals surface area contributed by atoms with E-state index >= 15 is 0 Å². The van der Waals surface area contributed by atoms with Crippen LogP contribution in [-0.4, -0.2) is 16.4 Å². The largest absolute Gasteiger partial charge is 0.316 e. The standard InChI is InChI=1S/C10H13N3/c1-8-6-13-7-9(5-11-2)3-4-10(13)12-8/h3-4,6-7,11H,5H2,1-2H3. The molecule has 2 rings (SSSR count). The Bertz CT molecular complexity index is 417. The third kappa shape index (κ3) is 1.55. The summed E-state index contributed by atoms with van der Waals surface area (Å²) in [4.78, 5) is 4.36. The highest BCUT2D eigenvalue weighted by Gasteiger charge is 1.97. The Morgan fingerprint density at radius 3 is 3.00 bits per heavy atom. The first kappa shape index (κ1) is 8.26. The number of rotatable bonds is 2. The number of hydrogen-bond donors (Lipinski definition) is 1. The van der Waals surface area contributed by atoms with Crippen molar-refractivity contribution >= 4 is 5.65 Å². The Balaban J connectivity index is 2.48. The van der Waals surface area contributed by atoms with Crippen LogP contribution in [0.4, 0.5) is 0 Å². The number of aromatic nitrogens is 2. The van der Waals surface area contributed by atoms with Crippen molar-refractivity contribution in [3.05, 3.63) is 35.8 Å². The van der Waals surface area contributed by atoms with Gasteiger partial charge in [-0.25, -0.2) is 4.98 Å². The molecule has 0 saturated heterocycles. The van der Waals surface area contributed by atoms with Gasteiger partial charge in [-0.15, -0.1) is 0 Å². The Morgan fingerprint density at radius 2 is 2.23 bits per heavy atom. The van der Waals surface area contributed by atoms with Crippen LogP contribution in [0.1, 0.15) is 11.3 Å². The van der Waals surface area contributed by atoms with E-state index in [2.05, 4.69) is 27.0 Å². The monoisotopic (exact) mass is 175 g/mol. The van der Waals surface area contributed by atoms with Crippen molar-refractivity contribution < 1.29 is 0 Å². The third-order valence-electron chi connectivity index (χ3n) is 2.01. The molecule has 2 heterocycles. The molecule has 68 valence electrons. The van der Waals surface area contributed by atoms with Crippen LogP contribution in [0.15, 0.2) is 24.5 Å². The van der Waals surface area contributed by atoms with Crippen molar-refractivity contribution in [2.75, 3.05) is 7.05 Å². The molecule has 0 aromatic carbocycles. The van der Waals surface area contributed by atoms with Crippen LogP contribution in [0, 0.1) is 6.92 Å². The van der Waals surface area contributed by atoms with Gasteiger partial charge >= 0.3 is 0 Å². The van der Waals surface area contributed by atoms with Crippen LogP contribution < -0.4 is 5.32 Å². The van der Waals surface area contributed by atoms with Crippen molar-refractivity contribution in [2.45, 2.75) is 13.5 Å². The van der Waals surface area contributed by atoms with Gasteiger partial charge in [-0.1, -0.05) is 6.07 Å². The second-order valence-corrected chi connectivity index (χ2v) is 3.22. The molecule has 0 amide bonds. The molecule has 0 aliphatic heterocycles. The molecule has 2 aromatic heterocycles. The maximum Gasteiger partial charge on any atom is 0.136 e. The molecular weight excluding hydrogens is 162 g/mol. The van der Waals surface area contributed by atoms with E-state index in [4.69, 9.17) is 0 Å². The van der Waals surface area contributed by atoms with E-state index in [1.165, 1.54) is 5.56 Å². The molecule has 3 nitrogen and oxygen atoms in total. The minimum absolute atomic E-state index is 0.896. The van der Waals surface area contributed by atoms with Gasteiger partial charge in [-0.2, -0.15) is 0 Å². The van der Waals surface area contributed by atoms with Gasteiger partial charge in [0.15, 0.2) is 0 Å². The lowest BCUT2D eigenvalue weighted by molar-refractivity contribution is 0.811. The lowest BCUT2D eigenvalue weighted by Gasteiger charge is -2.00. The summed E-state index contributed by atoms with van der Waals surface area (Å²) >= 11 is 0. The van der Waals surface area contributed by atoms with Gasteiger partial charge in [0.25, 0.3) is 0 Å². The van der Waals surface area contributed by atoms with Crippen LogP contribution in [0.25, 0.3) is 5.65 Å². The number of nitrogens with one attached hydrogen (secondary N) is 1. The molecule has 0 saturated carbocycles. The average molecular weight is 175 g/mol. The topological polar surface area (TPSA) is 29.3 Å². The van der Waals surface area contributed by atoms with Gasteiger partial charge in [0.2, 0.25) is 0 Å². The average Bonchev–Trinajstić information content (AvgIpc) is 2.44. The Hall–Kier alpha value is -1.35. The Kier molecular flexibility index (Phi) is 2.02. The van der Waals surface area contributed by atoms with Crippen molar-refractivity contribution in [3.8, 4) is 0 Å². The van der Waals surface area contributed by atoms with E-state index in [0.717, 1.165) is 17.9 Å². The fourth-order valence-electron chi connectivity index (χ4n) is 1.47. The van der Waals surface area contributed by atoms with Gasteiger partial charge in [0.1, 0.15) is 5.65 Å². The van der Waals surface area contributed by atoms with Crippen LogP contribution in [0.2, 0.25) is 0 Å². The maximum absolute atomic E-state index is 4.36. The molecule has 0 fully saturated rings. The quantitative estimate of drug-likeness (QED) is 0.746. The summed E-state index contributed by atoms with van der Waals surface area (Å²) in [5.74, 6) is 0. The highest BCUT2D eigenvalue weighted by Crippen LogP contribution is 2.06. The molecule has 3 heteroatoms. The zero-order valence-corrected chi connectivity index (χ0v) is 7.91. The molecule has 2 aromatic rings. The Labute approximate surface area is 77.4 Å². The van der Waals surface area contributed by atoms with Gasteiger partial charge in [-0.3, -0.25) is 0 Å². The summed E-state index contributed by atoms with van der Waals surface area (Å²) in [6, 6.07) is 4.14. The number of hydrogen-bond acceptors (Lipinski definition) is 2. The number of pyridine rings is 1. The summed E-state index contributed by atoms with van der Waals surface area (Å²) in [5, 5.41) is 3.12. The lowest BCUT2D eigenvalue weighted by Crippen LogP contribution is -2.05. The van der Waals surface area contributed by atoms with Crippen LogP contribution in [0.3, 0.4) is 0 Å². The maximum atomic E-state index is 4.36. The van der Waals surface area contributed by atoms with Crippen LogP contribution in [0.5, 0.6) is 0 Å². The minimum atomic E-state index is 0.896. The van der Waals surface area contributed by atoms with E-state index < -0.39 is 0 Å². The van der Waals surface area contributed by atoms with Crippen molar-refractivity contribution in [1.82, 2.24) is 14.7 Å². The molecule has 0 radical (unpaired) electrons. The molecular formula is C10H13N3. The Morgan fingerprint density at radius 1 is 1.38 bits per heavy atom. The first-order valence-electron chi connectivity index (χ1n) is 4.38. The molecule has 13 heavy (non-hydrogen) atoms. The fourth-order valence-corrected chi connectivity index (χ4v) is 1.47. The molecule has 0 unspecified atom stereocenters. The van der Waals surface area contributed by atoms with E-state index in [0.29, 0.717) is 0 Å². The van der Waals surface area contributed by atoms with E-state index in [-0.39, 0.29) is 0 Å². The molecule has 1 N–H and O–H groups in total. The number of nitrogens with zero attached hydrogens (tertiary/aromatic N) is 2. The zero-order chi connectivity index (χ0) is 9.26. The number of imidazole rings is 1. The molecule has 0 spiro atoms. The summed E-state index contributed by atoms with van der Waals surface area (Å²) in [6.45, 7) is 2.90. The van der Waals surface area contributed by atoms with Crippen LogP contribution >= 0.6 is 0 Å². The second-order valence-electron chi connectivity index (χ2n) is 3.22.